The lowest BCUT2D eigenvalue weighted by Gasteiger charge is -2.30. The summed E-state index contributed by atoms with van der Waals surface area (Å²) in [6.07, 6.45) is 1.11. The number of carbonyl (C=O) groups excluding carboxylic acids is 3. The summed E-state index contributed by atoms with van der Waals surface area (Å²) in [7, 11) is 0. The van der Waals surface area contributed by atoms with E-state index in [1.807, 2.05) is 88.4 Å². The maximum absolute atomic E-state index is 13.6. The third-order valence-corrected chi connectivity index (χ3v) is 7.33. The second-order valence-corrected chi connectivity index (χ2v) is 13.1. The smallest absolute Gasteiger partial charge is 0.408 e. The van der Waals surface area contributed by atoms with Crippen molar-refractivity contribution in [3.63, 3.8) is 0 Å². The molecule has 0 unspecified atom stereocenters. The van der Waals surface area contributed by atoms with E-state index in [4.69, 9.17) is 4.74 Å². The Morgan fingerprint density at radius 2 is 1.45 bits per heavy atom. The van der Waals surface area contributed by atoms with Gasteiger partial charge in [0.1, 0.15) is 23.2 Å². The van der Waals surface area contributed by atoms with Crippen LogP contribution in [0.25, 0.3) is 0 Å². The number of imidazole rings is 1. The van der Waals surface area contributed by atoms with Gasteiger partial charge >= 0.3 is 6.09 Å². The van der Waals surface area contributed by atoms with Crippen LogP contribution in [0.4, 0.5) is 4.79 Å². The van der Waals surface area contributed by atoms with Gasteiger partial charge in [0.25, 0.3) is 0 Å². The summed E-state index contributed by atoms with van der Waals surface area (Å²) in [6, 6.07) is 18.0. The molecule has 9 heteroatoms. The van der Waals surface area contributed by atoms with Gasteiger partial charge in [0.15, 0.2) is 5.78 Å². The van der Waals surface area contributed by atoms with Crippen molar-refractivity contribution >= 4 is 17.8 Å². The van der Waals surface area contributed by atoms with E-state index in [2.05, 4.69) is 20.6 Å². The van der Waals surface area contributed by atoms with Crippen molar-refractivity contribution in [2.45, 2.75) is 97.4 Å². The molecule has 4 atom stereocenters. The number of Topliss-reactive ketones (excluding diaryl/α,β-unsaturated/α-hetero) is 1. The number of hydrogen-bond donors (Lipinski definition) is 4. The van der Waals surface area contributed by atoms with Gasteiger partial charge in [-0.05, 0) is 57.1 Å². The van der Waals surface area contributed by atoms with E-state index in [0.717, 1.165) is 11.1 Å². The fourth-order valence-electron chi connectivity index (χ4n) is 5.02. The summed E-state index contributed by atoms with van der Waals surface area (Å²) < 4.78 is 5.39. The largest absolute Gasteiger partial charge is 0.444 e. The van der Waals surface area contributed by atoms with E-state index in [0.29, 0.717) is 24.4 Å². The van der Waals surface area contributed by atoms with Crippen molar-refractivity contribution in [3.05, 3.63) is 89.5 Å². The monoisotopic (exact) mass is 604 g/mol. The van der Waals surface area contributed by atoms with Gasteiger partial charge in [-0.25, -0.2) is 9.78 Å². The fourth-order valence-corrected chi connectivity index (χ4v) is 5.02. The molecule has 2 aromatic carbocycles. The Morgan fingerprint density at radius 3 is 1.98 bits per heavy atom. The average Bonchev–Trinajstić information content (AvgIpc) is 3.45. The summed E-state index contributed by atoms with van der Waals surface area (Å²) in [5.41, 5.74) is 1.72. The Balaban J connectivity index is 1.88. The van der Waals surface area contributed by atoms with Crippen LogP contribution in [0.2, 0.25) is 0 Å². The number of ether oxygens (including phenoxy) is 1. The molecule has 1 heterocycles. The van der Waals surface area contributed by atoms with Crippen LogP contribution in [0.1, 0.15) is 88.2 Å². The Hall–Kier alpha value is -3.98. The highest BCUT2D eigenvalue weighted by atomic mass is 16.6. The normalized spacial score (nSPS) is 14.5. The molecular formula is C35H48N4O5. The first-order valence-electron chi connectivity index (χ1n) is 15.4. The fraction of sp³-hybridized carbons (Fsp3) is 0.486. The first-order valence-corrected chi connectivity index (χ1v) is 15.4. The van der Waals surface area contributed by atoms with Crippen LogP contribution in [0.3, 0.4) is 0 Å². The predicted octanol–water partition coefficient (Wildman–Crippen LogP) is 5.60. The van der Waals surface area contributed by atoms with Crippen LogP contribution in [0.15, 0.2) is 66.9 Å². The van der Waals surface area contributed by atoms with Crippen molar-refractivity contribution in [1.29, 1.82) is 0 Å². The van der Waals surface area contributed by atoms with Crippen molar-refractivity contribution in [2.75, 3.05) is 0 Å². The third kappa shape index (κ3) is 10.6. The van der Waals surface area contributed by atoms with Crippen molar-refractivity contribution in [3.8, 4) is 0 Å². The average molecular weight is 605 g/mol. The Bertz CT molecular complexity index is 1350. The zero-order valence-corrected chi connectivity index (χ0v) is 27.0. The summed E-state index contributed by atoms with van der Waals surface area (Å²) in [5.74, 6) is -0.522. The minimum Gasteiger partial charge on any atom is -0.444 e. The molecule has 0 spiro atoms. The van der Waals surface area contributed by atoms with Gasteiger partial charge in [-0.1, -0.05) is 88.4 Å². The molecule has 0 radical (unpaired) electrons. The van der Waals surface area contributed by atoms with E-state index < -0.39 is 35.8 Å². The highest BCUT2D eigenvalue weighted by molar-refractivity contribution is 5.95. The SMILES string of the molecule is CC(C)C(=O)c1cnc([C@H](Cc2ccccc2)C[C@H](O)[C@H](Cc2ccccc2)NC(=O)[C@@H](NC(=O)OC(C)(C)C)C(C)C)[nH]1. The topological polar surface area (TPSA) is 133 Å². The van der Waals surface area contributed by atoms with Crippen LogP contribution in [0.5, 0.6) is 0 Å². The number of carbonyl (C=O) groups is 3. The molecule has 238 valence electrons. The predicted molar refractivity (Wildman–Crippen MR) is 171 cm³/mol. The van der Waals surface area contributed by atoms with Crippen LogP contribution < -0.4 is 10.6 Å². The second kappa shape index (κ2) is 15.7. The van der Waals surface area contributed by atoms with Gasteiger partial charge in [0, 0.05) is 11.8 Å². The highest BCUT2D eigenvalue weighted by Crippen LogP contribution is 2.26. The molecule has 0 saturated carbocycles. The molecule has 3 rings (SSSR count). The van der Waals surface area contributed by atoms with Crippen LogP contribution >= 0.6 is 0 Å². The number of H-pyrrole nitrogens is 1. The number of nitrogens with zero attached hydrogens (tertiary/aromatic N) is 1. The Labute approximate surface area is 261 Å². The lowest BCUT2D eigenvalue weighted by atomic mass is 9.88. The number of aromatic nitrogens is 2. The van der Waals surface area contributed by atoms with Gasteiger partial charge in [-0.15, -0.1) is 0 Å². The molecule has 3 aromatic rings. The molecule has 0 bridgehead atoms. The molecule has 0 fully saturated rings. The second-order valence-electron chi connectivity index (χ2n) is 13.1. The van der Waals surface area contributed by atoms with E-state index >= 15 is 0 Å². The van der Waals surface area contributed by atoms with Crippen LogP contribution in [0, 0.1) is 11.8 Å². The Morgan fingerprint density at radius 1 is 0.886 bits per heavy atom. The maximum atomic E-state index is 13.6. The van der Waals surface area contributed by atoms with Crippen LogP contribution in [-0.2, 0) is 22.4 Å². The standard InChI is InChI=1S/C35H48N4O5/c1-22(2)30(39-34(43)44-35(5,6)7)33(42)38-27(19-25-16-12-9-13-17-25)29(40)20-26(18-24-14-10-8-11-15-24)32-36-21-28(37-32)31(41)23(3)4/h8-17,21-23,26-27,29-30,40H,18-20H2,1-7H3,(H,36,37)(H,38,42)(H,39,43)/t26-,27+,29+,30+/m1/s1. The molecule has 0 aliphatic carbocycles. The van der Waals surface area contributed by atoms with E-state index in [9.17, 15) is 19.5 Å². The van der Waals surface area contributed by atoms with Gasteiger partial charge in [0.05, 0.1) is 18.3 Å². The van der Waals surface area contributed by atoms with Crippen molar-refractivity contribution < 1.29 is 24.2 Å². The lowest BCUT2D eigenvalue weighted by molar-refractivity contribution is -0.125. The number of rotatable bonds is 14. The minimum atomic E-state index is -0.975. The molecule has 4 N–H and O–H groups in total. The number of amides is 2. The number of aliphatic hydroxyl groups is 1. The van der Waals surface area contributed by atoms with Crippen LogP contribution in [-0.4, -0.2) is 56.6 Å². The molecule has 0 aliphatic heterocycles. The van der Waals surface area contributed by atoms with Gasteiger partial charge in [-0.3, -0.25) is 9.59 Å². The Kier molecular flexibility index (Phi) is 12.3. The summed E-state index contributed by atoms with van der Waals surface area (Å²) in [6.45, 7) is 12.6. The first-order chi connectivity index (χ1) is 20.7. The zero-order valence-electron chi connectivity index (χ0n) is 27.0. The molecule has 0 aliphatic rings. The maximum Gasteiger partial charge on any atom is 0.408 e. The molecule has 44 heavy (non-hydrogen) atoms. The zero-order chi connectivity index (χ0) is 32.4. The third-order valence-electron chi connectivity index (χ3n) is 7.33. The van der Waals surface area contributed by atoms with E-state index in [-0.39, 0.29) is 30.0 Å². The van der Waals surface area contributed by atoms with Gasteiger partial charge < -0.3 is 25.5 Å². The van der Waals surface area contributed by atoms with Crippen molar-refractivity contribution in [1.82, 2.24) is 20.6 Å². The molecule has 0 saturated heterocycles. The number of alkyl carbamates (subject to hydrolysis) is 1. The number of benzene rings is 2. The summed E-state index contributed by atoms with van der Waals surface area (Å²) in [4.78, 5) is 46.6. The number of nitrogens with one attached hydrogen (secondary N) is 3. The number of aromatic amines is 1. The first kappa shape index (κ1) is 34.5. The number of hydrogen-bond acceptors (Lipinski definition) is 6. The lowest BCUT2D eigenvalue weighted by Crippen LogP contribution is -2.55. The molecule has 1 aromatic heterocycles. The molecule has 9 nitrogen and oxygen atoms in total. The minimum absolute atomic E-state index is 0.0332. The van der Waals surface area contributed by atoms with E-state index in [1.54, 1.807) is 27.0 Å². The summed E-state index contributed by atoms with van der Waals surface area (Å²) >= 11 is 0. The quantitative estimate of drug-likeness (QED) is 0.177. The molecule has 2 amide bonds. The summed E-state index contributed by atoms with van der Waals surface area (Å²) in [5, 5.41) is 17.5. The number of ketones is 1. The number of aliphatic hydroxyl groups excluding tert-OH is 1. The van der Waals surface area contributed by atoms with Crippen molar-refractivity contribution in [2.24, 2.45) is 11.8 Å². The van der Waals surface area contributed by atoms with Gasteiger partial charge in [-0.2, -0.15) is 0 Å². The van der Waals surface area contributed by atoms with E-state index in [1.165, 1.54) is 0 Å². The van der Waals surface area contributed by atoms with Gasteiger partial charge in [0.2, 0.25) is 5.91 Å². The molecular weight excluding hydrogens is 556 g/mol. The highest BCUT2D eigenvalue weighted by Gasteiger charge is 2.32.